The second-order valence-electron chi connectivity index (χ2n) is 6.11. The van der Waals surface area contributed by atoms with Gasteiger partial charge in [-0.3, -0.25) is 9.59 Å². The number of hydrogen-bond donors (Lipinski definition) is 3. The van der Waals surface area contributed by atoms with Crippen LogP contribution in [0.1, 0.15) is 20.8 Å². The minimum absolute atomic E-state index is 0.192. The monoisotopic (exact) mass is 368 g/mol. The highest BCUT2D eigenvalue weighted by Gasteiger charge is 2.47. The summed E-state index contributed by atoms with van der Waals surface area (Å²) < 4.78 is 37.0. The van der Waals surface area contributed by atoms with E-state index in [0.717, 1.165) is 4.90 Å². The third-order valence-electron chi connectivity index (χ3n) is 4.20. The summed E-state index contributed by atoms with van der Waals surface area (Å²) in [7, 11) is 0. The smallest absolute Gasteiger partial charge is 0.471 e. The van der Waals surface area contributed by atoms with Crippen molar-refractivity contribution >= 4 is 17.9 Å². The fourth-order valence-corrected chi connectivity index (χ4v) is 2.84. The fraction of sp³-hybridized carbons (Fsp3) is 0.786. The van der Waals surface area contributed by atoms with E-state index in [1.54, 1.807) is 26.1 Å². The number of carboxylic acid groups (broad SMARTS) is 1. The van der Waals surface area contributed by atoms with Crippen LogP contribution in [0.25, 0.3) is 0 Å². The Bertz CT molecular complexity index is 527. The van der Waals surface area contributed by atoms with Gasteiger partial charge in [0.25, 0.3) is 0 Å². The molecule has 0 bridgehead atoms. The lowest BCUT2D eigenvalue weighted by molar-refractivity contribution is -0.173. The fourth-order valence-electron chi connectivity index (χ4n) is 2.84. The summed E-state index contributed by atoms with van der Waals surface area (Å²) in [5.74, 6) is -4.53. The third kappa shape index (κ3) is 4.74. The normalized spacial score (nSPS) is 23.7. The summed E-state index contributed by atoms with van der Waals surface area (Å²) >= 11 is 0. The minimum atomic E-state index is -5.07. The van der Waals surface area contributed by atoms with Crippen molar-refractivity contribution in [3.63, 3.8) is 0 Å². The van der Waals surface area contributed by atoms with Crippen molar-refractivity contribution in [1.82, 2.24) is 15.1 Å². The van der Waals surface area contributed by atoms with E-state index in [-0.39, 0.29) is 12.6 Å². The number of amides is 3. The molecule has 1 aliphatic rings. The van der Waals surface area contributed by atoms with E-state index < -0.39 is 48.6 Å². The number of carbonyl (C=O) groups excluding carboxylic acids is 2. The molecule has 3 atom stereocenters. The van der Waals surface area contributed by atoms with Crippen molar-refractivity contribution in [1.29, 1.82) is 0 Å². The van der Waals surface area contributed by atoms with Crippen LogP contribution < -0.4 is 11.1 Å². The van der Waals surface area contributed by atoms with Crippen LogP contribution in [-0.2, 0) is 9.59 Å². The highest BCUT2D eigenvalue weighted by Crippen LogP contribution is 2.25. The van der Waals surface area contributed by atoms with Crippen molar-refractivity contribution in [2.75, 3.05) is 19.6 Å². The number of nitrogens with two attached hydrogens (primary N) is 1. The molecule has 144 valence electrons. The Morgan fingerprint density at radius 2 is 1.92 bits per heavy atom. The largest absolute Gasteiger partial charge is 0.481 e. The average molecular weight is 368 g/mol. The quantitative estimate of drug-likeness (QED) is 0.642. The van der Waals surface area contributed by atoms with Gasteiger partial charge in [-0.2, -0.15) is 13.2 Å². The van der Waals surface area contributed by atoms with Gasteiger partial charge in [-0.05, 0) is 20.8 Å². The van der Waals surface area contributed by atoms with E-state index in [1.165, 1.54) is 4.90 Å². The summed E-state index contributed by atoms with van der Waals surface area (Å²) in [5.41, 5.74) is 5.84. The van der Waals surface area contributed by atoms with Crippen LogP contribution in [-0.4, -0.2) is 76.8 Å². The molecule has 0 aromatic carbocycles. The van der Waals surface area contributed by atoms with E-state index in [9.17, 15) is 32.7 Å². The average Bonchev–Trinajstić information content (AvgIpc) is 2.81. The lowest BCUT2D eigenvalue weighted by Gasteiger charge is -2.34. The van der Waals surface area contributed by atoms with E-state index in [1.807, 2.05) is 0 Å². The van der Waals surface area contributed by atoms with Crippen molar-refractivity contribution in [2.45, 2.75) is 45.1 Å². The Kier molecular flexibility index (Phi) is 6.63. The molecular formula is C14H23F3N4O4. The Morgan fingerprint density at radius 3 is 2.32 bits per heavy atom. The molecule has 2 unspecified atom stereocenters. The first-order valence-electron chi connectivity index (χ1n) is 7.82. The van der Waals surface area contributed by atoms with E-state index in [0.29, 0.717) is 6.54 Å². The van der Waals surface area contributed by atoms with Gasteiger partial charge in [0, 0.05) is 31.7 Å². The standard InChI is InChI=1S/C14H23F3N4O4/c1-4-20(7(2)3)13(25)21-6-8(11(22)23)10(18)9(21)5-19-12(24)14(15,16)17/h7-10H,4-6,18H2,1-3H3,(H,19,24)(H,22,23)/t8?,9-,10?/m0/s1. The summed E-state index contributed by atoms with van der Waals surface area (Å²) in [6, 6.07) is -2.86. The zero-order valence-corrected chi connectivity index (χ0v) is 14.2. The van der Waals surface area contributed by atoms with Crippen molar-refractivity contribution in [3.05, 3.63) is 0 Å². The lowest BCUT2D eigenvalue weighted by atomic mass is 10.00. The lowest BCUT2D eigenvalue weighted by Crippen LogP contribution is -2.55. The van der Waals surface area contributed by atoms with Crippen LogP contribution in [0.5, 0.6) is 0 Å². The van der Waals surface area contributed by atoms with Crippen molar-refractivity contribution in [2.24, 2.45) is 11.7 Å². The van der Waals surface area contributed by atoms with Crippen LogP contribution in [0.15, 0.2) is 0 Å². The second-order valence-corrected chi connectivity index (χ2v) is 6.11. The first-order valence-corrected chi connectivity index (χ1v) is 7.82. The molecule has 8 nitrogen and oxygen atoms in total. The number of urea groups is 1. The first kappa shape index (κ1) is 21.0. The van der Waals surface area contributed by atoms with Crippen LogP contribution in [0.2, 0.25) is 0 Å². The van der Waals surface area contributed by atoms with Gasteiger partial charge in [0.1, 0.15) is 0 Å². The van der Waals surface area contributed by atoms with E-state index in [2.05, 4.69) is 0 Å². The predicted molar refractivity (Wildman–Crippen MR) is 81.6 cm³/mol. The number of carboxylic acids is 1. The molecule has 25 heavy (non-hydrogen) atoms. The molecule has 11 heteroatoms. The van der Waals surface area contributed by atoms with Gasteiger partial charge in [0.05, 0.1) is 12.0 Å². The second kappa shape index (κ2) is 7.89. The molecule has 1 saturated heterocycles. The van der Waals surface area contributed by atoms with Crippen molar-refractivity contribution in [3.8, 4) is 0 Å². The van der Waals surface area contributed by atoms with Gasteiger partial charge in [0.15, 0.2) is 0 Å². The van der Waals surface area contributed by atoms with E-state index >= 15 is 0 Å². The maximum atomic E-state index is 12.7. The Labute approximate surface area is 143 Å². The van der Waals surface area contributed by atoms with Crippen LogP contribution in [0.4, 0.5) is 18.0 Å². The summed E-state index contributed by atoms with van der Waals surface area (Å²) in [6.07, 6.45) is -5.07. The zero-order valence-electron chi connectivity index (χ0n) is 14.2. The highest BCUT2D eigenvalue weighted by atomic mass is 19.4. The maximum absolute atomic E-state index is 12.7. The molecule has 1 heterocycles. The Balaban J connectivity index is 3.00. The molecule has 3 amide bonds. The SMILES string of the molecule is CCN(C(=O)N1CC(C(=O)O)C(N)[C@@H]1CNC(=O)C(F)(F)F)C(C)C. The number of alkyl halides is 3. The van der Waals surface area contributed by atoms with Crippen LogP contribution in [0, 0.1) is 5.92 Å². The summed E-state index contributed by atoms with van der Waals surface area (Å²) in [5, 5.41) is 10.9. The Morgan fingerprint density at radius 1 is 1.36 bits per heavy atom. The summed E-state index contributed by atoms with van der Waals surface area (Å²) in [4.78, 5) is 37.5. The number of hydrogen-bond acceptors (Lipinski definition) is 4. The molecule has 0 aromatic heterocycles. The minimum Gasteiger partial charge on any atom is -0.481 e. The molecular weight excluding hydrogens is 345 g/mol. The maximum Gasteiger partial charge on any atom is 0.471 e. The molecule has 0 spiro atoms. The first-order chi connectivity index (χ1) is 11.4. The Hall–Kier alpha value is -2.04. The van der Waals surface area contributed by atoms with Gasteiger partial charge >= 0.3 is 24.1 Å². The van der Waals surface area contributed by atoms with Gasteiger partial charge in [-0.15, -0.1) is 0 Å². The van der Waals surface area contributed by atoms with Gasteiger partial charge in [0.2, 0.25) is 0 Å². The number of nitrogens with zero attached hydrogens (tertiary/aromatic N) is 2. The topological polar surface area (TPSA) is 116 Å². The summed E-state index contributed by atoms with van der Waals surface area (Å²) in [6.45, 7) is 4.76. The molecule has 1 aliphatic heterocycles. The predicted octanol–water partition coefficient (Wildman–Crippen LogP) is 0.228. The molecule has 0 saturated carbocycles. The molecule has 4 N–H and O–H groups in total. The number of likely N-dealkylation sites (tertiary alicyclic amines) is 1. The van der Waals surface area contributed by atoms with Crippen LogP contribution in [0.3, 0.4) is 0 Å². The van der Waals surface area contributed by atoms with Gasteiger partial charge < -0.3 is 26.0 Å². The molecule has 0 aliphatic carbocycles. The molecule has 1 rings (SSSR count). The number of rotatable bonds is 5. The van der Waals surface area contributed by atoms with E-state index in [4.69, 9.17) is 5.73 Å². The van der Waals surface area contributed by atoms with Crippen molar-refractivity contribution < 1.29 is 32.7 Å². The van der Waals surface area contributed by atoms with Gasteiger partial charge in [-0.1, -0.05) is 0 Å². The van der Waals surface area contributed by atoms with Crippen LogP contribution >= 0.6 is 0 Å². The number of nitrogens with one attached hydrogen (secondary N) is 1. The number of halogens is 3. The molecule has 0 radical (unpaired) electrons. The third-order valence-corrected chi connectivity index (χ3v) is 4.20. The zero-order chi connectivity index (χ0) is 19.5. The number of carbonyl (C=O) groups is 3. The molecule has 0 aromatic rings. The number of aliphatic carboxylic acids is 1. The van der Waals surface area contributed by atoms with Gasteiger partial charge in [-0.25, -0.2) is 4.79 Å². The highest BCUT2D eigenvalue weighted by molar-refractivity contribution is 5.82. The molecule has 1 fully saturated rings.